The van der Waals surface area contributed by atoms with Gasteiger partial charge in [-0.25, -0.2) is 0 Å². The Balaban J connectivity index is 1.62. The number of likely N-dealkylation sites (N-methyl/N-ethyl adjacent to an activating group) is 1. The highest BCUT2D eigenvalue weighted by Gasteiger charge is 2.26. The van der Waals surface area contributed by atoms with Crippen molar-refractivity contribution in [1.82, 2.24) is 14.8 Å². The van der Waals surface area contributed by atoms with Crippen LogP contribution in [0.3, 0.4) is 0 Å². The number of pyridine rings is 1. The number of amides is 1. The van der Waals surface area contributed by atoms with E-state index in [9.17, 15) is 4.79 Å². The molecule has 0 N–H and O–H groups in total. The normalized spacial score (nSPS) is 18.6. The summed E-state index contributed by atoms with van der Waals surface area (Å²) in [7, 11) is 1.91. The number of hydrogen-bond donors (Lipinski definition) is 0. The van der Waals surface area contributed by atoms with Gasteiger partial charge in [-0.2, -0.15) is 0 Å². The van der Waals surface area contributed by atoms with Crippen LogP contribution in [0.25, 0.3) is 0 Å². The number of hydrogen-bond acceptors (Lipinski definition) is 3. The number of aromatic nitrogens is 1. The molecule has 1 unspecified atom stereocenters. The molecule has 0 spiro atoms. The zero-order valence-corrected chi connectivity index (χ0v) is 13.6. The van der Waals surface area contributed by atoms with E-state index in [0.29, 0.717) is 5.56 Å². The van der Waals surface area contributed by atoms with Crippen LogP contribution in [0.5, 0.6) is 0 Å². The lowest BCUT2D eigenvalue weighted by Crippen LogP contribution is -2.48. The van der Waals surface area contributed by atoms with E-state index >= 15 is 0 Å². The molecule has 1 aliphatic heterocycles. The van der Waals surface area contributed by atoms with Gasteiger partial charge in [0, 0.05) is 38.6 Å². The summed E-state index contributed by atoms with van der Waals surface area (Å²) in [5.41, 5.74) is 1.99. The van der Waals surface area contributed by atoms with E-state index < -0.39 is 0 Å². The standard InChI is InChI=1S/C19H23N3O/c1-21(19(23)17-9-5-11-20-13-17)18-10-6-12-22(15-18)14-16-7-3-2-4-8-16/h2-5,7-9,11,13,18H,6,10,12,14-15H2,1H3. The van der Waals surface area contributed by atoms with Crippen molar-refractivity contribution in [3.63, 3.8) is 0 Å². The molecule has 0 saturated carbocycles. The average Bonchev–Trinajstić information content (AvgIpc) is 2.62. The Hall–Kier alpha value is -2.20. The Morgan fingerprint density at radius 3 is 2.83 bits per heavy atom. The van der Waals surface area contributed by atoms with Crippen LogP contribution in [0.15, 0.2) is 54.9 Å². The number of carbonyl (C=O) groups excluding carboxylic acids is 1. The van der Waals surface area contributed by atoms with Gasteiger partial charge in [0.25, 0.3) is 5.91 Å². The van der Waals surface area contributed by atoms with Gasteiger partial charge in [-0.05, 0) is 37.1 Å². The Bertz CT molecular complexity index is 630. The van der Waals surface area contributed by atoms with Gasteiger partial charge in [-0.1, -0.05) is 30.3 Å². The Labute approximate surface area is 137 Å². The molecule has 1 aliphatic rings. The molecule has 4 nitrogen and oxygen atoms in total. The third kappa shape index (κ3) is 3.96. The summed E-state index contributed by atoms with van der Waals surface area (Å²) in [5.74, 6) is 0.0599. The second-order valence-electron chi connectivity index (χ2n) is 6.17. The van der Waals surface area contributed by atoms with Crippen molar-refractivity contribution >= 4 is 5.91 Å². The number of rotatable bonds is 4. The quantitative estimate of drug-likeness (QED) is 0.871. The number of nitrogens with zero attached hydrogens (tertiary/aromatic N) is 3. The van der Waals surface area contributed by atoms with Crippen LogP contribution in [0.2, 0.25) is 0 Å². The summed E-state index contributed by atoms with van der Waals surface area (Å²) in [5, 5.41) is 0. The minimum Gasteiger partial charge on any atom is -0.337 e. The maximum atomic E-state index is 12.6. The lowest BCUT2D eigenvalue weighted by Gasteiger charge is -2.37. The summed E-state index contributed by atoms with van der Waals surface area (Å²) in [6.45, 7) is 2.98. The van der Waals surface area contributed by atoms with E-state index in [1.54, 1.807) is 12.4 Å². The molecule has 4 heteroatoms. The van der Waals surface area contributed by atoms with Crippen molar-refractivity contribution in [3.05, 3.63) is 66.0 Å². The first kappa shape index (κ1) is 15.7. The fourth-order valence-electron chi connectivity index (χ4n) is 3.19. The molecule has 2 aromatic rings. The molecule has 2 heterocycles. The van der Waals surface area contributed by atoms with Crippen LogP contribution in [0.1, 0.15) is 28.8 Å². The summed E-state index contributed by atoms with van der Waals surface area (Å²) in [6.07, 6.45) is 5.53. The molecule has 1 aromatic carbocycles. The van der Waals surface area contributed by atoms with Crippen molar-refractivity contribution in [3.8, 4) is 0 Å². The van der Waals surface area contributed by atoms with Gasteiger partial charge in [-0.15, -0.1) is 0 Å². The highest BCUT2D eigenvalue weighted by atomic mass is 16.2. The molecule has 1 aromatic heterocycles. The van der Waals surface area contributed by atoms with Crippen LogP contribution >= 0.6 is 0 Å². The number of carbonyl (C=O) groups is 1. The molecule has 1 amide bonds. The molecule has 1 atom stereocenters. The van der Waals surface area contributed by atoms with E-state index in [1.807, 2.05) is 30.1 Å². The molecule has 120 valence electrons. The van der Waals surface area contributed by atoms with E-state index in [1.165, 1.54) is 5.56 Å². The largest absolute Gasteiger partial charge is 0.337 e. The third-order valence-electron chi connectivity index (χ3n) is 4.51. The van der Waals surface area contributed by atoms with Gasteiger partial charge in [0.1, 0.15) is 0 Å². The second kappa shape index (κ2) is 7.38. The molecule has 0 bridgehead atoms. The lowest BCUT2D eigenvalue weighted by atomic mass is 10.0. The summed E-state index contributed by atoms with van der Waals surface area (Å²) in [4.78, 5) is 20.9. The number of piperidine rings is 1. The van der Waals surface area contributed by atoms with Crippen LogP contribution < -0.4 is 0 Å². The molecule has 3 rings (SSSR count). The molecule has 0 radical (unpaired) electrons. The van der Waals surface area contributed by atoms with Gasteiger partial charge >= 0.3 is 0 Å². The number of likely N-dealkylation sites (tertiary alicyclic amines) is 1. The van der Waals surface area contributed by atoms with Crippen molar-refractivity contribution < 1.29 is 4.79 Å². The topological polar surface area (TPSA) is 36.4 Å². The lowest BCUT2D eigenvalue weighted by molar-refractivity contribution is 0.0609. The van der Waals surface area contributed by atoms with Gasteiger partial charge in [0.05, 0.1) is 5.56 Å². The van der Waals surface area contributed by atoms with Crippen LogP contribution in [0, 0.1) is 0 Å². The SMILES string of the molecule is CN(C(=O)c1cccnc1)C1CCCN(Cc2ccccc2)C1. The van der Waals surface area contributed by atoms with E-state index in [2.05, 4.69) is 34.1 Å². The third-order valence-corrected chi connectivity index (χ3v) is 4.51. The van der Waals surface area contributed by atoms with Crippen molar-refractivity contribution in [2.75, 3.05) is 20.1 Å². The smallest absolute Gasteiger partial charge is 0.255 e. The molecule has 1 fully saturated rings. The average molecular weight is 309 g/mol. The first-order valence-electron chi connectivity index (χ1n) is 8.17. The predicted molar refractivity (Wildman–Crippen MR) is 91.1 cm³/mol. The van der Waals surface area contributed by atoms with Crippen molar-refractivity contribution in [2.24, 2.45) is 0 Å². The fourth-order valence-corrected chi connectivity index (χ4v) is 3.19. The van der Waals surface area contributed by atoms with Gasteiger partial charge < -0.3 is 4.90 Å². The Morgan fingerprint density at radius 1 is 1.26 bits per heavy atom. The molecule has 0 aliphatic carbocycles. The fraction of sp³-hybridized carbons (Fsp3) is 0.368. The van der Waals surface area contributed by atoms with Crippen molar-refractivity contribution in [2.45, 2.75) is 25.4 Å². The van der Waals surface area contributed by atoms with Crippen molar-refractivity contribution in [1.29, 1.82) is 0 Å². The molecule has 23 heavy (non-hydrogen) atoms. The highest BCUT2D eigenvalue weighted by Crippen LogP contribution is 2.18. The number of benzene rings is 1. The van der Waals surface area contributed by atoms with Gasteiger partial charge in [0.2, 0.25) is 0 Å². The summed E-state index contributed by atoms with van der Waals surface area (Å²) >= 11 is 0. The van der Waals surface area contributed by atoms with E-state index in [-0.39, 0.29) is 11.9 Å². The zero-order valence-electron chi connectivity index (χ0n) is 13.6. The van der Waals surface area contributed by atoms with Gasteiger partial charge in [0.15, 0.2) is 0 Å². The van der Waals surface area contributed by atoms with E-state index in [0.717, 1.165) is 32.5 Å². The maximum Gasteiger partial charge on any atom is 0.255 e. The Morgan fingerprint density at radius 2 is 2.09 bits per heavy atom. The molecular weight excluding hydrogens is 286 g/mol. The molecule has 1 saturated heterocycles. The monoisotopic (exact) mass is 309 g/mol. The maximum absolute atomic E-state index is 12.6. The first-order chi connectivity index (χ1) is 11.2. The Kier molecular flexibility index (Phi) is 5.03. The second-order valence-corrected chi connectivity index (χ2v) is 6.17. The predicted octanol–water partition coefficient (Wildman–Crippen LogP) is 2.82. The van der Waals surface area contributed by atoms with Crippen LogP contribution in [0.4, 0.5) is 0 Å². The summed E-state index contributed by atoms with van der Waals surface area (Å²) < 4.78 is 0. The zero-order chi connectivity index (χ0) is 16.1. The first-order valence-corrected chi connectivity index (χ1v) is 8.17. The van der Waals surface area contributed by atoms with Crippen LogP contribution in [-0.4, -0.2) is 46.9 Å². The van der Waals surface area contributed by atoms with Crippen LogP contribution in [-0.2, 0) is 6.54 Å². The minimum atomic E-state index is 0.0599. The van der Waals surface area contributed by atoms with E-state index in [4.69, 9.17) is 0 Å². The molecular formula is C19H23N3O. The summed E-state index contributed by atoms with van der Waals surface area (Å²) in [6, 6.07) is 14.4. The van der Waals surface area contributed by atoms with Gasteiger partial charge in [-0.3, -0.25) is 14.7 Å². The minimum absolute atomic E-state index is 0.0599. The highest BCUT2D eigenvalue weighted by molar-refractivity contribution is 5.93.